The van der Waals surface area contributed by atoms with Crippen LogP contribution in [-0.4, -0.2) is 4.98 Å². The molecule has 0 aliphatic rings. The maximum absolute atomic E-state index is 13.4. The third-order valence-corrected chi connectivity index (χ3v) is 3.40. The average Bonchev–Trinajstić information content (AvgIpc) is 2.73. The van der Waals surface area contributed by atoms with Gasteiger partial charge in [-0.2, -0.15) is 13.2 Å². The normalized spacial score (nSPS) is 13.6. The summed E-state index contributed by atoms with van der Waals surface area (Å²) in [6.45, 7) is 1.79. The Labute approximate surface area is 110 Å². The van der Waals surface area contributed by atoms with Crippen LogP contribution >= 0.6 is 11.3 Å². The van der Waals surface area contributed by atoms with Crippen LogP contribution in [0, 0.1) is 12.7 Å². The van der Waals surface area contributed by atoms with Gasteiger partial charge in [0.1, 0.15) is 5.82 Å². The Morgan fingerprint density at radius 2 is 2.00 bits per heavy atom. The predicted octanol–water partition coefficient (Wildman–Crippen LogP) is 3.66. The number of hydrogen-bond acceptors (Lipinski definition) is 3. The number of halogens is 4. The highest BCUT2D eigenvalue weighted by Gasteiger charge is 2.34. The summed E-state index contributed by atoms with van der Waals surface area (Å²) in [7, 11) is 0. The molecule has 0 aliphatic carbocycles. The standard InChI is InChI=1S/C12H10F4N2S/c1-6-18-10(5-19-6)11(17)7-2-3-8(9(13)4-7)12(14,15)16/h2-5,11H,17H2,1H3. The summed E-state index contributed by atoms with van der Waals surface area (Å²) in [6, 6.07) is 1.94. The summed E-state index contributed by atoms with van der Waals surface area (Å²) in [5, 5.41) is 2.49. The molecule has 0 aliphatic heterocycles. The Morgan fingerprint density at radius 1 is 1.32 bits per heavy atom. The first-order valence-corrected chi connectivity index (χ1v) is 6.21. The van der Waals surface area contributed by atoms with E-state index in [0.717, 1.165) is 11.1 Å². The summed E-state index contributed by atoms with van der Waals surface area (Å²) >= 11 is 1.37. The van der Waals surface area contributed by atoms with Crippen LogP contribution in [0.1, 0.15) is 27.9 Å². The minimum Gasteiger partial charge on any atom is -0.319 e. The molecule has 0 bridgehead atoms. The first-order valence-electron chi connectivity index (χ1n) is 5.33. The van der Waals surface area contributed by atoms with Crippen LogP contribution in [0.2, 0.25) is 0 Å². The van der Waals surface area contributed by atoms with Gasteiger partial charge in [-0.05, 0) is 24.6 Å². The number of nitrogens with zero attached hydrogens (tertiary/aromatic N) is 1. The zero-order valence-corrected chi connectivity index (χ0v) is 10.6. The van der Waals surface area contributed by atoms with Gasteiger partial charge >= 0.3 is 6.18 Å². The number of aryl methyl sites for hydroxylation is 1. The van der Waals surface area contributed by atoms with Crippen LogP contribution in [0.15, 0.2) is 23.6 Å². The molecule has 1 heterocycles. The van der Waals surface area contributed by atoms with E-state index >= 15 is 0 Å². The number of hydrogen-bond donors (Lipinski definition) is 1. The third kappa shape index (κ3) is 2.93. The number of nitrogens with two attached hydrogens (primary N) is 1. The fraction of sp³-hybridized carbons (Fsp3) is 0.250. The molecule has 2 aromatic rings. The van der Waals surface area contributed by atoms with Crippen molar-refractivity contribution in [2.24, 2.45) is 5.73 Å². The molecule has 102 valence electrons. The van der Waals surface area contributed by atoms with Crippen LogP contribution in [-0.2, 0) is 6.18 Å². The largest absolute Gasteiger partial charge is 0.419 e. The zero-order chi connectivity index (χ0) is 14.2. The number of aromatic nitrogens is 1. The third-order valence-electron chi connectivity index (χ3n) is 2.61. The molecule has 0 amide bonds. The predicted molar refractivity (Wildman–Crippen MR) is 64.3 cm³/mol. The summed E-state index contributed by atoms with van der Waals surface area (Å²) in [4.78, 5) is 4.14. The maximum Gasteiger partial charge on any atom is 0.419 e. The molecule has 7 heteroatoms. The molecule has 1 aromatic carbocycles. The summed E-state index contributed by atoms with van der Waals surface area (Å²) in [5.41, 5.74) is 5.34. The van der Waals surface area contributed by atoms with Gasteiger partial charge in [0.15, 0.2) is 0 Å². The van der Waals surface area contributed by atoms with Crippen LogP contribution in [0.25, 0.3) is 0 Å². The lowest BCUT2D eigenvalue weighted by atomic mass is 10.0. The van der Waals surface area contributed by atoms with Gasteiger partial charge in [0.2, 0.25) is 0 Å². The SMILES string of the molecule is Cc1nc(C(N)c2ccc(C(F)(F)F)c(F)c2)cs1. The first kappa shape index (κ1) is 14.0. The van der Waals surface area contributed by atoms with Gasteiger partial charge in [0.25, 0.3) is 0 Å². The number of benzene rings is 1. The van der Waals surface area contributed by atoms with Crippen molar-refractivity contribution in [1.82, 2.24) is 4.98 Å². The van der Waals surface area contributed by atoms with Crippen LogP contribution in [0.3, 0.4) is 0 Å². The minimum atomic E-state index is -4.70. The molecule has 0 spiro atoms. The molecule has 2 N–H and O–H groups in total. The summed E-state index contributed by atoms with van der Waals surface area (Å²) in [6.07, 6.45) is -4.70. The van der Waals surface area contributed by atoms with Crippen LogP contribution in [0.5, 0.6) is 0 Å². The van der Waals surface area contributed by atoms with Gasteiger partial charge in [-0.3, -0.25) is 0 Å². The van der Waals surface area contributed by atoms with Gasteiger partial charge in [-0.15, -0.1) is 11.3 Å². The van der Waals surface area contributed by atoms with E-state index in [1.165, 1.54) is 17.4 Å². The molecule has 1 atom stereocenters. The second-order valence-electron chi connectivity index (χ2n) is 4.01. The number of thiazole rings is 1. The summed E-state index contributed by atoms with van der Waals surface area (Å²) in [5.74, 6) is -1.33. The molecule has 0 saturated heterocycles. The van der Waals surface area contributed by atoms with Gasteiger partial charge in [0.05, 0.1) is 22.3 Å². The monoisotopic (exact) mass is 290 g/mol. The zero-order valence-electron chi connectivity index (χ0n) is 9.83. The Kier molecular flexibility index (Phi) is 3.60. The van der Waals surface area contributed by atoms with Gasteiger partial charge in [0, 0.05) is 5.38 Å². The molecule has 19 heavy (non-hydrogen) atoms. The Hall–Kier alpha value is -1.47. The van der Waals surface area contributed by atoms with Crippen molar-refractivity contribution in [3.8, 4) is 0 Å². The van der Waals surface area contributed by atoms with Crippen molar-refractivity contribution in [3.63, 3.8) is 0 Å². The summed E-state index contributed by atoms with van der Waals surface area (Å²) < 4.78 is 50.7. The Balaban J connectivity index is 2.35. The van der Waals surface area contributed by atoms with E-state index in [1.807, 2.05) is 0 Å². The fourth-order valence-electron chi connectivity index (χ4n) is 1.65. The van der Waals surface area contributed by atoms with E-state index in [0.29, 0.717) is 11.8 Å². The lowest BCUT2D eigenvalue weighted by Gasteiger charge is -2.13. The highest BCUT2D eigenvalue weighted by Crippen LogP contribution is 2.33. The van der Waals surface area contributed by atoms with E-state index in [2.05, 4.69) is 4.98 Å². The van der Waals surface area contributed by atoms with Gasteiger partial charge < -0.3 is 5.73 Å². The second kappa shape index (κ2) is 4.90. The van der Waals surface area contributed by atoms with Gasteiger partial charge in [-0.25, -0.2) is 9.37 Å². The Bertz CT molecular complexity index is 592. The van der Waals surface area contributed by atoms with E-state index in [1.54, 1.807) is 12.3 Å². The molecule has 0 saturated carbocycles. The highest BCUT2D eigenvalue weighted by molar-refractivity contribution is 7.09. The number of rotatable bonds is 2. The smallest absolute Gasteiger partial charge is 0.319 e. The molecule has 1 unspecified atom stereocenters. The maximum atomic E-state index is 13.4. The molecule has 0 fully saturated rings. The van der Waals surface area contributed by atoms with E-state index in [-0.39, 0.29) is 5.56 Å². The van der Waals surface area contributed by atoms with Crippen LogP contribution < -0.4 is 5.73 Å². The Morgan fingerprint density at radius 3 is 2.47 bits per heavy atom. The number of alkyl halides is 3. The highest BCUT2D eigenvalue weighted by atomic mass is 32.1. The van der Waals surface area contributed by atoms with E-state index < -0.39 is 23.6 Å². The molecular weight excluding hydrogens is 280 g/mol. The van der Waals surface area contributed by atoms with Gasteiger partial charge in [-0.1, -0.05) is 6.07 Å². The van der Waals surface area contributed by atoms with Crippen LogP contribution in [0.4, 0.5) is 17.6 Å². The molecule has 1 aromatic heterocycles. The van der Waals surface area contributed by atoms with Crippen molar-refractivity contribution in [2.75, 3.05) is 0 Å². The average molecular weight is 290 g/mol. The van der Waals surface area contributed by atoms with E-state index in [9.17, 15) is 17.6 Å². The quantitative estimate of drug-likeness (QED) is 0.857. The van der Waals surface area contributed by atoms with Crippen molar-refractivity contribution in [3.05, 3.63) is 51.2 Å². The minimum absolute atomic E-state index is 0.260. The first-order chi connectivity index (χ1) is 8.79. The lowest BCUT2D eigenvalue weighted by Crippen LogP contribution is -2.14. The fourth-order valence-corrected chi connectivity index (χ4v) is 2.30. The molecule has 2 nitrogen and oxygen atoms in total. The molecule has 0 radical (unpaired) electrons. The second-order valence-corrected chi connectivity index (χ2v) is 5.07. The molecular formula is C12H10F4N2S. The lowest BCUT2D eigenvalue weighted by molar-refractivity contribution is -0.140. The van der Waals surface area contributed by atoms with Crippen molar-refractivity contribution in [2.45, 2.75) is 19.1 Å². The van der Waals surface area contributed by atoms with Crippen molar-refractivity contribution >= 4 is 11.3 Å². The van der Waals surface area contributed by atoms with Crippen molar-refractivity contribution in [1.29, 1.82) is 0 Å². The molecule has 2 rings (SSSR count). The van der Waals surface area contributed by atoms with E-state index in [4.69, 9.17) is 5.73 Å². The topological polar surface area (TPSA) is 38.9 Å². The van der Waals surface area contributed by atoms with Crippen molar-refractivity contribution < 1.29 is 17.6 Å².